The van der Waals surface area contributed by atoms with Crippen LogP contribution < -0.4 is 11.1 Å². The second-order valence-electron chi connectivity index (χ2n) is 4.60. The Morgan fingerprint density at radius 3 is 2.33 bits per heavy atom. The average Bonchev–Trinajstić information content (AvgIpc) is 3.06. The molecule has 1 saturated carbocycles. The number of carbonyl (C=O) groups excluding carboxylic acids is 1. The van der Waals surface area contributed by atoms with E-state index >= 15 is 0 Å². The third kappa shape index (κ3) is 2.69. The van der Waals surface area contributed by atoms with Crippen LogP contribution in [0, 0.1) is 5.41 Å². The molecule has 0 aromatic rings. The monoisotopic (exact) mass is 214 g/mol. The van der Waals surface area contributed by atoms with E-state index in [1.807, 2.05) is 13.8 Å². The molecule has 0 spiro atoms. The maximum absolute atomic E-state index is 11.7. The number of carbonyl (C=O) groups is 1. The Morgan fingerprint density at radius 1 is 1.47 bits per heavy atom. The predicted octanol–water partition coefficient (Wildman–Crippen LogP) is 0.393. The van der Waals surface area contributed by atoms with Crippen molar-refractivity contribution in [1.29, 1.82) is 0 Å². The molecule has 0 saturated heterocycles. The van der Waals surface area contributed by atoms with E-state index in [0.29, 0.717) is 25.9 Å². The molecule has 0 atom stereocenters. The summed E-state index contributed by atoms with van der Waals surface area (Å²) in [5.41, 5.74) is 4.47. The minimum absolute atomic E-state index is 0.00493. The molecular formula is C11H22N2O2. The van der Waals surface area contributed by atoms with E-state index in [1.54, 1.807) is 0 Å². The molecule has 4 N–H and O–H groups in total. The van der Waals surface area contributed by atoms with Crippen molar-refractivity contribution in [2.45, 2.75) is 45.1 Å². The highest BCUT2D eigenvalue weighted by molar-refractivity contribution is 5.85. The standard InChI is InChI=1S/C11H22N2O2/c1-3-11(15,4-2)8-13-9(14)10(7-12)5-6-10/h15H,3-8,12H2,1-2H3,(H,13,14). The maximum atomic E-state index is 11.7. The van der Waals surface area contributed by atoms with Gasteiger partial charge >= 0.3 is 0 Å². The molecule has 0 bridgehead atoms. The quantitative estimate of drug-likeness (QED) is 0.599. The van der Waals surface area contributed by atoms with Crippen molar-refractivity contribution < 1.29 is 9.90 Å². The molecule has 0 radical (unpaired) electrons. The summed E-state index contributed by atoms with van der Waals surface area (Å²) in [7, 11) is 0. The summed E-state index contributed by atoms with van der Waals surface area (Å²) in [6.45, 7) is 4.59. The molecule has 15 heavy (non-hydrogen) atoms. The van der Waals surface area contributed by atoms with Crippen molar-refractivity contribution in [1.82, 2.24) is 5.32 Å². The second-order valence-corrected chi connectivity index (χ2v) is 4.60. The fourth-order valence-electron chi connectivity index (χ4n) is 1.61. The summed E-state index contributed by atoms with van der Waals surface area (Å²) in [6.07, 6.45) is 3.07. The SMILES string of the molecule is CCC(O)(CC)CNC(=O)C1(CN)CC1. The molecule has 1 aliphatic rings. The van der Waals surface area contributed by atoms with Gasteiger partial charge in [-0.2, -0.15) is 0 Å². The molecule has 0 aromatic carbocycles. The Balaban J connectivity index is 2.40. The van der Waals surface area contributed by atoms with Crippen LogP contribution in [-0.4, -0.2) is 29.7 Å². The first kappa shape index (κ1) is 12.5. The lowest BCUT2D eigenvalue weighted by Gasteiger charge is -2.26. The van der Waals surface area contributed by atoms with E-state index in [2.05, 4.69) is 5.32 Å². The lowest BCUT2D eigenvalue weighted by Crippen LogP contribution is -2.45. The number of rotatable bonds is 6. The molecule has 4 nitrogen and oxygen atoms in total. The maximum Gasteiger partial charge on any atom is 0.227 e. The molecule has 1 amide bonds. The highest BCUT2D eigenvalue weighted by Crippen LogP contribution is 2.44. The van der Waals surface area contributed by atoms with Crippen LogP contribution in [0.3, 0.4) is 0 Å². The van der Waals surface area contributed by atoms with Gasteiger partial charge in [-0.25, -0.2) is 0 Å². The van der Waals surface area contributed by atoms with Crippen LogP contribution in [0.4, 0.5) is 0 Å². The topological polar surface area (TPSA) is 75.3 Å². The van der Waals surface area contributed by atoms with Crippen molar-refractivity contribution >= 4 is 5.91 Å². The molecule has 1 fully saturated rings. The smallest absolute Gasteiger partial charge is 0.227 e. The van der Waals surface area contributed by atoms with Crippen LogP contribution in [0.15, 0.2) is 0 Å². The van der Waals surface area contributed by atoms with E-state index in [9.17, 15) is 9.90 Å². The Labute approximate surface area is 91.2 Å². The van der Waals surface area contributed by atoms with Crippen LogP contribution >= 0.6 is 0 Å². The molecule has 0 aliphatic heterocycles. The van der Waals surface area contributed by atoms with Gasteiger partial charge in [0.1, 0.15) is 0 Å². The minimum atomic E-state index is -0.764. The van der Waals surface area contributed by atoms with Gasteiger partial charge in [0.25, 0.3) is 0 Å². The van der Waals surface area contributed by atoms with Gasteiger partial charge in [0.05, 0.1) is 11.0 Å². The Hall–Kier alpha value is -0.610. The van der Waals surface area contributed by atoms with E-state index < -0.39 is 5.60 Å². The van der Waals surface area contributed by atoms with Crippen molar-refractivity contribution in [2.75, 3.05) is 13.1 Å². The van der Waals surface area contributed by atoms with Gasteiger partial charge in [-0.15, -0.1) is 0 Å². The van der Waals surface area contributed by atoms with Crippen LogP contribution in [-0.2, 0) is 4.79 Å². The molecule has 1 aliphatic carbocycles. The molecule has 1 rings (SSSR count). The molecule has 4 heteroatoms. The minimum Gasteiger partial charge on any atom is -0.388 e. The zero-order chi connectivity index (χ0) is 11.5. The van der Waals surface area contributed by atoms with Gasteiger partial charge in [-0.05, 0) is 25.7 Å². The molecule has 0 aromatic heterocycles. The second kappa shape index (κ2) is 4.49. The van der Waals surface area contributed by atoms with Crippen molar-refractivity contribution in [2.24, 2.45) is 11.1 Å². The predicted molar refractivity (Wildman–Crippen MR) is 59.3 cm³/mol. The van der Waals surface area contributed by atoms with Crippen LogP contribution in [0.1, 0.15) is 39.5 Å². The third-order valence-electron chi connectivity index (χ3n) is 3.62. The third-order valence-corrected chi connectivity index (χ3v) is 3.62. The molecular weight excluding hydrogens is 192 g/mol. The summed E-state index contributed by atoms with van der Waals surface area (Å²) in [5.74, 6) is 0.00493. The van der Waals surface area contributed by atoms with E-state index in [0.717, 1.165) is 12.8 Å². The number of hydrogen-bond donors (Lipinski definition) is 3. The van der Waals surface area contributed by atoms with E-state index in [1.165, 1.54) is 0 Å². The van der Waals surface area contributed by atoms with Gasteiger partial charge < -0.3 is 16.2 Å². The normalized spacial score (nSPS) is 18.7. The highest BCUT2D eigenvalue weighted by Gasteiger charge is 2.48. The van der Waals surface area contributed by atoms with Crippen molar-refractivity contribution in [3.8, 4) is 0 Å². The fourth-order valence-corrected chi connectivity index (χ4v) is 1.61. The van der Waals surface area contributed by atoms with Gasteiger partial charge in [-0.1, -0.05) is 13.8 Å². The Bertz CT molecular complexity index is 233. The summed E-state index contributed by atoms with van der Waals surface area (Å²) in [6, 6.07) is 0. The van der Waals surface area contributed by atoms with Gasteiger partial charge in [0.2, 0.25) is 5.91 Å². The first-order valence-electron chi connectivity index (χ1n) is 5.73. The van der Waals surface area contributed by atoms with Gasteiger partial charge in [0.15, 0.2) is 0 Å². The van der Waals surface area contributed by atoms with E-state index in [4.69, 9.17) is 5.73 Å². The first-order valence-corrected chi connectivity index (χ1v) is 5.73. The number of nitrogens with one attached hydrogen (secondary N) is 1. The first-order chi connectivity index (χ1) is 7.02. The highest BCUT2D eigenvalue weighted by atomic mass is 16.3. The number of hydrogen-bond acceptors (Lipinski definition) is 3. The zero-order valence-electron chi connectivity index (χ0n) is 9.68. The summed E-state index contributed by atoms with van der Waals surface area (Å²) in [4.78, 5) is 11.7. The summed E-state index contributed by atoms with van der Waals surface area (Å²) in [5, 5.41) is 12.8. The van der Waals surface area contributed by atoms with E-state index in [-0.39, 0.29) is 11.3 Å². The number of nitrogens with two attached hydrogens (primary N) is 1. The largest absolute Gasteiger partial charge is 0.388 e. The molecule has 0 unspecified atom stereocenters. The Kier molecular flexibility index (Phi) is 3.73. The average molecular weight is 214 g/mol. The number of aliphatic hydroxyl groups is 1. The fraction of sp³-hybridized carbons (Fsp3) is 0.909. The lowest BCUT2D eigenvalue weighted by atomic mass is 9.97. The molecule has 88 valence electrons. The van der Waals surface area contributed by atoms with Gasteiger partial charge in [-0.3, -0.25) is 4.79 Å². The lowest BCUT2D eigenvalue weighted by molar-refractivity contribution is -0.127. The van der Waals surface area contributed by atoms with Crippen LogP contribution in [0.25, 0.3) is 0 Å². The van der Waals surface area contributed by atoms with Gasteiger partial charge in [0, 0.05) is 13.1 Å². The number of amides is 1. The zero-order valence-corrected chi connectivity index (χ0v) is 9.68. The summed E-state index contributed by atoms with van der Waals surface area (Å²) < 4.78 is 0. The molecule has 0 heterocycles. The van der Waals surface area contributed by atoms with Crippen molar-refractivity contribution in [3.63, 3.8) is 0 Å². The Morgan fingerprint density at radius 2 is 2.00 bits per heavy atom. The summed E-state index contributed by atoms with van der Waals surface area (Å²) >= 11 is 0. The van der Waals surface area contributed by atoms with Crippen LogP contribution in [0.2, 0.25) is 0 Å². The van der Waals surface area contributed by atoms with Crippen molar-refractivity contribution in [3.05, 3.63) is 0 Å². The van der Waals surface area contributed by atoms with Crippen LogP contribution in [0.5, 0.6) is 0 Å².